The Morgan fingerprint density at radius 1 is 0.886 bits per heavy atom. The van der Waals surface area contributed by atoms with Gasteiger partial charge in [-0.05, 0) is 45.7 Å². The molecule has 0 radical (unpaired) electrons. The summed E-state index contributed by atoms with van der Waals surface area (Å²) in [6.07, 6.45) is -4.74. The highest BCUT2D eigenvalue weighted by Gasteiger charge is 2.33. The molecule has 1 saturated heterocycles. The second-order valence-corrected chi connectivity index (χ2v) is 10.8. The van der Waals surface area contributed by atoms with E-state index in [4.69, 9.17) is 0 Å². The molecule has 35 heavy (non-hydrogen) atoms. The second-order valence-electron chi connectivity index (χ2n) is 10.8. The van der Waals surface area contributed by atoms with E-state index in [2.05, 4.69) is 68.6 Å². The van der Waals surface area contributed by atoms with E-state index >= 15 is 0 Å². The van der Waals surface area contributed by atoms with E-state index in [9.17, 15) is 18.3 Å². The number of nitrogens with one attached hydrogen (secondary N) is 1. The zero-order chi connectivity index (χ0) is 24.6. The third-order valence-electron chi connectivity index (χ3n) is 6.05. The number of nitrogens with zero attached hydrogens (tertiary/aromatic N) is 1. The van der Waals surface area contributed by atoms with Crippen molar-refractivity contribution in [1.82, 2.24) is 10.2 Å². The van der Waals surface area contributed by atoms with Gasteiger partial charge in [-0.15, -0.1) is 38.0 Å². The van der Waals surface area contributed by atoms with Crippen molar-refractivity contribution in [3.63, 3.8) is 0 Å². The first-order valence-corrected chi connectivity index (χ1v) is 11.3. The predicted octanol–water partition coefficient (Wildman–Crippen LogP) is 6.72. The smallest absolute Gasteiger partial charge is 0.507 e. The van der Waals surface area contributed by atoms with Crippen molar-refractivity contribution in [2.45, 2.75) is 64.8 Å². The number of piperazine rings is 1. The molecule has 4 nitrogen and oxygen atoms in total. The Kier molecular flexibility index (Phi) is 10.4. The summed E-state index contributed by atoms with van der Waals surface area (Å²) >= 11 is 0. The Balaban J connectivity index is 0.00000306. The fraction of sp³-hybridized carbons (Fsp3) is 0.538. The van der Waals surface area contributed by atoms with Crippen molar-refractivity contribution >= 4 is 24.8 Å². The first kappa shape index (κ1) is 31.4. The summed E-state index contributed by atoms with van der Waals surface area (Å²) in [6, 6.07) is 9.84. The fourth-order valence-corrected chi connectivity index (χ4v) is 4.25. The number of hydrogen-bond donors (Lipinski definition) is 2. The van der Waals surface area contributed by atoms with Gasteiger partial charge in [-0.25, -0.2) is 0 Å². The second kappa shape index (κ2) is 11.6. The summed E-state index contributed by atoms with van der Waals surface area (Å²) in [4.78, 5) is 2.27. The van der Waals surface area contributed by atoms with E-state index in [1.54, 1.807) is 12.1 Å². The molecule has 0 saturated carbocycles. The molecular weight excluding hydrogens is 500 g/mol. The SMILES string of the molecule is CC(C)(C)c1cc([C@@H](c2ccc(OC(F)(F)F)cc2)N2CCNCC2)c(O)c(C(C)(C)C)c1.Cl.Cl. The van der Waals surface area contributed by atoms with Crippen LogP contribution in [-0.2, 0) is 10.8 Å². The molecule has 1 fully saturated rings. The minimum Gasteiger partial charge on any atom is -0.507 e. The fourth-order valence-electron chi connectivity index (χ4n) is 4.25. The number of phenols is 1. The number of phenolic OH excluding ortho intramolecular Hbond substituents is 1. The number of hydrogen-bond acceptors (Lipinski definition) is 4. The Morgan fingerprint density at radius 2 is 1.43 bits per heavy atom. The van der Waals surface area contributed by atoms with E-state index in [-0.39, 0.29) is 53.2 Å². The Morgan fingerprint density at radius 3 is 1.89 bits per heavy atom. The maximum absolute atomic E-state index is 12.7. The van der Waals surface area contributed by atoms with Gasteiger partial charge in [0.05, 0.1) is 6.04 Å². The minimum atomic E-state index is -4.74. The largest absolute Gasteiger partial charge is 0.573 e. The molecule has 0 aliphatic carbocycles. The maximum atomic E-state index is 12.7. The quantitative estimate of drug-likeness (QED) is 0.455. The van der Waals surface area contributed by atoms with Crippen LogP contribution in [0.5, 0.6) is 11.5 Å². The number of alkyl halides is 3. The maximum Gasteiger partial charge on any atom is 0.573 e. The number of rotatable bonds is 4. The lowest BCUT2D eigenvalue weighted by atomic mass is 9.77. The molecule has 3 rings (SSSR count). The zero-order valence-corrected chi connectivity index (χ0v) is 22.8. The van der Waals surface area contributed by atoms with Crippen LogP contribution in [0.3, 0.4) is 0 Å². The summed E-state index contributed by atoms with van der Waals surface area (Å²) in [7, 11) is 0. The van der Waals surface area contributed by atoms with Crippen molar-refractivity contribution in [1.29, 1.82) is 0 Å². The normalized spacial score (nSPS) is 16.1. The van der Waals surface area contributed by atoms with E-state index in [0.29, 0.717) is 0 Å². The molecule has 0 bridgehead atoms. The number of ether oxygens (including phenoxy) is 1. The number of benzene rings is 2. The van der Waals surface area contributed by atoms with Crippen LogP contribution in [0.1, 0.15) is 69.8 Å². The summed E-state index contributed by atoms with van der Waals surface area (Å²) in [6.45, 7) is 15.8. The molecule has 1 heterocycles. The van der Waals surface area contributed by atoms with Crippen LogP contribution in [-0.4, -0.2) is 42.5 Å². The van der Waals surface area contributed by atoms with Crippen molar-refractivity contribution in [3.8, 4) is 11.5 Å². The first-order chi connectivity index (χ1) is 15.2. The van der Waals surface area contributed by atoms with Crippen LogP contribution < -0.4 is 10.1 Å². The highest BCUT2D eigenvalue weighted by Crippen LogP contribution is 2.43. The molecule has 2 aromatic carbocycles. The lowest BCUT2D eigenvalue weighted by Crippen LogP contribution is -2.45. The van der Waals surface area contributed by atoms with Gasteiger partial charge in [0, 0.05) is 31.7 Å². The number of halogens is 5. The molecule has 1 aliphatic heterocycles. The number of aromatic hydroxyl groups is 1. The van der Waals surface area contributed by atoms with Crippen LogP contribution in [0.15, 0.2) is 36.4 Å². The standard InChI is InChI=1S/C26H35F3N2O2.2ClH/c1-24(2,3)18-15-20(23(32)21(16-18)25(4,5)6)22(31-13-11-30-12-14-31)17-7-9-19(10-8-17)33-26(27,28)29;;/h7-10,15-16,22,30,32H,11-14H2,1-6H3;2*1H/t22-;;/m1../s1. The molecule has 0 unspecified atom stereocenters. The molecular formula is C26H37Cl2F3N2O2. The van der Waals surface area contributed by atoms with Crippen molar-refractivity contribution in [3.05, 3.63) is 58.7 Å². The van der Waals surface area contributed by atoms with Gasteiger partial charge in [-0.1, -0.05) is 59.7 Å². The van der Waals surface area contributed by atoms with Gasteiger partial charge in [0.15, 0.2) is 0 Å². The van der Waals surface area contributed by atoms with Gasteiger partial charge in [-0.2, -0.15) is 0 Å². The monoisotopic (exact) mass is 536 g/mol. The van der Waals surface area contributed by atoms with Crippen LogP contribution in [0.4, 0.5) is 13.2 Å². The van der Waals surface area contributed by atoms with Crippen molar-refractivity contribution in [2.75, 3.05) is 26.2 Å². The van der Waals surface area contributed by atoms with Crippen LogP contribution in [0.2, 0.25) is 0 Å². The Labute approximate surface area is 219 Å². The first-order valence-electron chi connectivity index (χ1n) is 11.3. The third kappa shape index (κ3) is 7.91. The van der Waals surface area contributed by atoms with Crippen LogP contribution in [0, 0.1) is 0 Å². The third-order valence-corrected chi connectivity index (χ3v) is 6.05. The van der Waals surface area contributed by atoms with E-state index in [0.717, 1.165) is 48.4 Å². The summed E-state index contributed by atoms with van der Waals surface area (Å²) in [5.74, 6) is -0.0111. The molecule has 9 heteroatoms. The van der Waals surface area contributed by atoms with Gasteiger partial charge in [0.2, 0.25) is 0 Å². The van der Waals surface area contributed by atoms with Crippen LogP contribution in [0.25, 0.3) is 0 Å². The van der Waals surface area contributed by atoms with E-state index < -0.39 is 6.36 Å². The van der Waals surface area contributed by atoms with E-state index in [1.807, 2.05) is 0 Å². The average molecular weight is 537 g/mol. The summed E-state index contributed by atoms with van der Waals surface area (Å²) in [5.41, 5.74) is 3.14. The van der Waals surface area contributed by atoms with Crippen LogP contribution >= 0.6 is 24.8 Å². The zero-order valence-electron chi connectivity index (χ0n) is 21.1. The van der Waals surface area contributed by atoms with Gasteiger partial charge >= 0.3 is 6.36 Å². The highest BCUT2D eigenvalue weighted by molar-refractivity contribution is 5.85. The highest BCUT2D eigenvalue weighted by atomic mass is 35.5. The van der Waals surface area contributed by atoms with Crippen molar-refractivity contribution in [2.24, 2.45) is 0 Å². The predicted molar refractivity (Wildman–Crippen MR) is 139 cm³/mol. The Bertz CT molecular complexity index is 963. The van der Waals surface area contributed by atoms with Crippen molar-refractivity contribution < 1.29 is 23.0 Å². The molecule has 2 N–H and O–H groups in total. The topological polar surface area (TPSA) is 44.7 Å². The molecule has 1 aliphatic rings. The molecule has 0 aromatic heterocycles. The summed E-state index contributed by atoms with van der Waals surface area (Å²) < 4.78 is 42.0. The van der Waals surface area contributed by atoms with Gasteiger partial charge in [0.25, 0.3) is 0 Å². The molecule has 1 atom stereocenters. The molecule has 0 spiro atoms. The van der Waals surface area contributed by atoms with Gasteiger partial charge in [-0.3, -0.25) is 4.90 Å². The lowest BCUT2D eigenvalue weighted by molar-refractivity contribution is -0.274. The molecule has 2 aromatic rings. The van der Waals surface area contributed by atoms with E-state index in [1.165, 1.54) is 12.1 Å². The molecule has 0 amide bonds. The molecule has 198 valence electrons. The van der Waals surface area contributed by atoms with Gasteiger partial charge < -0.3 is 15.2 Å². The summed E-state index contributed by atoms with van der Waals surface area (Å²) in [5, 5.41) is 14.8. The Hall–Kier alpha value is -1.67. The lowest BCUT2D eigenvalue weighted by Gasteiger charge is -2.37. The minimum absolute atomic E-state index is 0. The average Bonchev–Trinajstić information content (AvgIpc) is 2.68. The van der Waals surface area contributed by atoms with Gasteiger partial charge in [0.1, 0.15) is 11.5 Å².